The number of benzene rings is 2. The first kappa shape index (κ1) is 21.6. The lowest BCUT2D eigenvalue weighted by Gasteiger charge is -2.18. The molecule has 0 spiro atoms. The zero-order valence-electron chi connectivity index (χ0n) is 17.5. The van der Waals surface area contributed by atoms with Gasteiger partial charge in [0.1, 0.15) is 16.7 Å². The Bertz CT molecular complexity index is 1360. The Morgan fingerprint density at radius 3 is 2.44 bits per heavy atom. The van der Waals surface area contributed by atoms with E-state index in [9.17, 15) is 18.8 Å². The second-order valence-corrected chi connectivity index (χ2v) is 8.20. The monoisotopic (exact) mass is 449 g/mol. The maximum Gasteiger partial charge on any atom is 0.263 e. The molecule has 0 aliphatic rings. The molecule has 32 heavy (non-hydrogen) atoms. The van der Waals surface area contributed by atoms with Crippen molar-refractivity contribution in [3.05, 3.63) is 82.0 Å². The second-order valence-electron chi connectivity index (χ2n) is 7.34. The summed E-state index contributed by atoms with van der Waals surface area (Å²) in [6.45, 7) is 3.29. The minimum atomic E-state index is -0.771. The lowest BCUT2D eigenvalue weighted by Crippen LogP contribution is -2.33. The summed E-state index contributed by atoms with van der Waals surface area (Å²) in [5, 5.41) is 5.02. The number of nitrogens with one attached hydrogen (secondary N) is 1. The van der Waals surface area contributed by atoms with Crippen LogP contribution in [-0.4, -0.2) is 21.2 Å². The van der Waals surface area contributed by atoms with Crippen molar-refractivity contribution in [2.24, 2.45) is 0 Å². The number of ketones is 1. The number of amides is 1. The number of rotatable bonds is 6. The summed E-state index contributed by atoms with van der Waals surface area (Å²) in [5.74, 6) is -0.777. The third-order valence-electron chi connectivity index (χ3n) is 5.26. The van der Waals surface area contributed by atoms with E-state index in [0.29, 0.717) is 39.0 Å². The number of halogens is 1. The average Bonchev–Trinajstić information content (AvgIpc) is 3.21. The molecule has 0 saturated heterocycles. The molecule has 2 aromatic carbocycles. The first-order chi connectivity index (χ1) is 15.4. The summed E-state index contributed by atoms with van der Waals surface area (Å²) in [4.78, 5) is 42.7. The molecule has 1 amide bonds. The molecule has 0 bridgehead atoms. The van der Waals surface area contributed by atoms with Crippen molar-refractivity contribution in [2.75, 3.05) is 5.32 Å². The zero-order valence-corrected chi connectivity index (χ0v) is 18.3. The Balaban J connectivity index is 1.69. The van der Waals surface area contributed by atoms with Crippen LogP contribution in [0.5, 0.6) is 0 Å². The molecular weight excluding hydrogens is 429 g/mol. The molecule has 2 aromatic heterocycles. The fraction of sp³-hybridized carbons (Fsp3) is 0.167. The van der Waals surface area contributed by atoms with Gasteiger partial charge in [-0.15, -0.1) is 11.3 Å². The second kappa shape index (κ2) is 8.84. The van der Waals surface area contributed by atoms with E-state index in [-0.39, 0.29) is 23.1 Å². The smallest absolute Gasteiger partial charge is 0.263 e. The van der Waals surface area contributed by atoms with Gasteiger partial charge in [0, 0.05) is 22.2 Å². The highest BCUT2D eigenvalue weighted by atomic mass is 32.1. The van der Waals surface area contributed by atoms with E-state index in [1.807, 2.05) is 12.3 Å². The summed E-state index contributed by atoms with van der Waals surface area (Å²) < 4.78 is 14.7. The van der Waals surface area contributed by atoms with Crippen LogP contribution in [0.2, 0.25) is 0 Å². The van der Waals surface area contributed by atoms with Gasteiger partial charge in [0.25, 0.3) is 5.56 Å². The molecule has 2 heterocycles. The highest BCUT2D eigenvalue weighted by molar-refractivity contribution is 7.17. The Morgan fingerprint density at radius 2 is 1.81 bits per heavy atom. The van der Waals surface area contributed by atoms with Crippen molar-refractivity contribution in [2.45, 2.75) is 26.3 Å². The maximum absolute atomic E-state index is 13.4. The van der Waals surface area contributed by atoms with Crippen LogP contribution in [0.4, 0.5) is 10.1 Å². The Labute approximate surface area is 187 Å². The van der Waals surface area contributed by atoms with Crippen molar-refractivity contribution < 1.29 is 14.0 Å². The molecule has 0 radical (unpaired) electrons. The molecule has 162 valence electrons. The maximum atomic E-state index is 13.4. The van der Waals surface area contributed by atoms with Crippen LogP contribution in [0.1, 0.15) is 36.7 Å². The van der Waals surface area contributed by atoms with Crippen LogP contribution < -0.4 is 10.9 Å². The Hall–Kier alpha value is -3.65. The van der Waals surface area contributed by atoms with Gasteiger partial charge < -0.3 is 5.32 Å². The lowest BCUT2D eigenvalue weighted by atomic mass is 10.1. The predicted octanol–water partition coefficient (Wildman–Crippen LogP) is 5.06. The van der Waals surface area contributed by atoms with Gasteiger partial charge >= 0.3 is 0 Å². The third kappa shape index (κ3) is 4.09. The summed E-state index contributed by atoms with van der Waals surface area (Å²) in [5.41, 5.74) is 2.11. The van der Waals surface area contributed by atoms with Crippen molar-refractivity contribution >= 4 is 38.9 Å². The van der Waals surface area contributed by atoms with Crippen LogP contribution in [0.25, 0.3) is 21.3 Å². The zero-order chi connectivity index (χ0) is 22.8. The molecule has 0 aliphatic carbocycles. The average molecular weight is 450 g/mol. The molecule has 1 N–H and O–H groups in total. The number of carbonyl (C=O) groups excluding carboxylic acids is 2. The van der Waals surface area contributed by atoms with Gasteiger partial charge in [-0.1, -0.05) is 19.1 Å². The van der Waals surface area contributed by atoms with E-state index in [1.165, 1.54) is 41.3 Å². The van der Waals surface area contributed by atoms with Crippen LogP contribution in [-0.2, 0) is 4.79 Å². The number of fused-ring (bicyclic) bond motifs is 1. The number of Topliss-reactive ketones (excluding diaryl/α,β-unsaturated/α-hetero) is 1. The van der Waals surface area contributed by atoms with E-state index in [2.05, 4.69) is 10.3 Å². The van der Waals surface area contributed by atoms with Gasteiger partial charge in [-0.05, 0) is 55.3 Å². The molecule has 6 nitrogen and oxygen atoms in total. The van der Waals surface area contributed by atoms with Crippen LogP contribution in [0.15, 0.2) is 65.0 Å². The highest BCUT2D eigenvalue weighted by Gasteiger charge is 2.23. The van der Waals surface area contributed by atoms with Crippen molar-refractivity contribution in [3.63, 3.8) is 0 Å². The number of aromatic nitrogens is 2. The fourth-order valence-electron chi connectivity index (χ4n) is 3.53. The summed E-state index contributed by atoms with van der Waals surface area (Å²) >= 11 is 1.32. The summed E-state index contributed by atoms with van der Waals surface area (Å²) in [6.07, 6.45) is 1.77. The molecule has 0 aliphatic heterocycles. The number of hydrogen-bond acceptors (Lipinski definition) is 5. The molecule has 4 rings (SSSR count). The van der Waals surface area contributed by atoms with Gasteiger partial charge in [0.15, 0.2) is 5.78 Å². The summed E-state index contributed by atoms with van der Waals surface area (Å²) in [6, 6.07) is 11.7. The minimum Gasteiger partial charge on any atom is -0.324 e. The standard InChI is InChI=1S/C24H20FN3O3S/c1-3-20(22(30)27-18-10-6-15(7-11-18)14(2)29)28-13-26-23-21(24(28)31)19(12-32-23)16-4-8-17(25)9-5-16/h4-13,20H,3H2,1-2H3,(H,27,30). The van der Waals surface area contributed by atoms with E-state index in [0.717, 1.165) is 0 Å². The van der Waals surface area contributed by atoms with Gasteiger partial charge in [0.05, 0.1) is 11.7 Å². The van der Waals surface area contributed by atoms with Crippen LogP contribution >= 0.6 is 11.3 Å². The van der Waals surface area contributed by atoms with Gasteiger partial charge in [-0.25, -0.2) is 9.37 Å². The molecule has 8 heteroatoms. The highest BCUT2D eigenvalue weighted by Crippen LogP contribution is 2.31. The lowest BCUT2D eigenvalue weighted by molar-refractivity contribution is -0.119. The van der Waals surface area contributed by atoms with E-state index in [4.69, 9.17) is 0 Å². The van der Waals surface area contributed by atoms with Crippen LogP contribution in [0, 0.1) is 5.82 Å². The SMILES string of the molecule is CCC(C(=O)Nc1ccc(C(C)=O)cc1)n1cnc2scc(-c3ccc(F)cc3)c2c1=O. The molecule has 0 fully saturated rings. The number of nitrogens with zero attached hydrogens (tertiary/aromatic N) is 2. The molecule has 1 unspecified atom stereocenters. The first-order valence-corrected chi connectivity index (χ1v) is 10.9. The fourth-order valence-corrected chi connectivity index (χ4v) is 4.44. The van der Waals surface area contributed by atoms with Gasteiger partial charge in [-0.2, -0.15) is 0 Å². The van der Waals surface area contributed by atoms with E-state index >= 15 is 0 Å². The minimum absolute atomic E-state index is 0.0621. The first-order valence-electron chi connectivity index (χ1n) is 10.0. The quantitative estimate of drug-likeness (QED) is 0.418. The van der Waals surface area contributed by atoms with Crippen molar-refractivity contribution in [1.29, 1.82) is 0 Å². The topological polar surface area (TPSA) is 81.1 Å². The predicted molar refractivity (Wildman–Crippen MR) is 124 cm³/mol. The Kier molecular flexibility index (Phi) is 5.96. The van der Waals surface area contributed by atoms with Crippen molar-refractivity contribution in [3.8, 4) is 11.1 Å². The van der Waals surface area contributed by atoms with E-state index < -0.39 is 6.04 Å². The Morgan fingerprint density at radius 1 is 1.12 bits per heavy atom. The van der Waals surface area contributed by atoms with Crippen LogP contribution in [0.3, 0.4) is 0 Å². The van der Waals surface area contributed by atoms with Gasteiger partial charge in [-0.3, -0.25) is 19.0 Å². The third-order valence-corrected chi connectivity index (χ3v) is 6.15. The normalized spacial score (nSPS) is 12.0. The van der Waals surface area contributed by atoms with E-state index in [1.54, 1.807) is 36.4 Å². The molecule has 0 saturated carbocycles. The number of hydrogen-bond donors (Lipinski definition) is 1. The van der Waals surface area contributed by atoms with Crippen molar-refractivity contribution in [1.82, 2.24) is 9.55 Å². The number of thiophene rings is 1. The van der Waals surface area contributed by atoms with Gasteiger partial charge in [0.2, 0.25) is 5.91 Å². The molecule has 1 atom stereocenters. The number of anilines is 1. The molecule has 4 aromatic rings. The summed E-state index contributed by atoms with van der Waals surface area (Å²) in [7, 11) is 0. The number of carbonyl (C=O) groups is 2. The largest absolute Gasteiger partial charge is 0.324 e. The molecular formula is C24H20FN3O3S.